The Morgan fingerprint density at radius 1 is 1.29 bits per heavy atom. The molecule has 0 spiro atoms. The quantitative estimate of drug-likeness (QED) is 0.657. The minimum atomic E-state index is -0.509. The summed E-state index contributed by atoms with van der Waals surface area (Å²) in [6.07, 6.45) is 5.35. The minimum absolute atomic E-state index is 0.379. The number of ether oxygens (including phenoxy) is 2. The van der Waals surface area contributed by atoms with Crippen molar-refractivity contribution in [3.05, 3.63) is 36.2 Å². The fraction of sp³-hybridized carbons (Fsp3) is 0.522. The van der Waals surface area contributed by atoms with Crippen LogP contribution in [0.3, 0.4) is 0 Å². The largest absolute Gasteiger partial charge is 0.444 e. The number of alkyl carbamates (subject to hydrolysis) is 1. The van der Waals surface area contributed by atoms with Crippen molar-refractivity contribution in [2.75, 3.05) is 37.7 Å². The fourth-order valence-corrected chi connectivity index (χ4v) is 3.76. The van der Waals surface area contributed by atoms with Gasteiger partial charge in [-0.1, -0.05) is 6.07 Å². The molecule has 1 unspecified atom stereocenters. The Bertz CT molecular complexity index is 925. The number of carbonyl (C=O) groups excluding carboxylic acids is 2. The average molecular weight is 429 g/mol. The van der Waals surface area contributed by atoms with E-state index in [9.17, 15) is 9.59 Å². The first-order valence-electron chi connectivity index (χ1n) is 10.7. The molecular formula is C23H32N4O4. The Balaban J connectivity index is 1.53. The van der Waals surface area contributed by atoms with Crippen LogP contribution >= 0.6 is 0 Å². The van der Waals surface area contributed by atoms with E-state index in [0.717, 1.165) is 42.4 Å². The van der Waals surface area contributed by atoms with Crippen molar-refractivity contribution in [2.45, 2.75) is 39.2 Å². The summed E-state index contributed by atoms with van der Waals surface area (Å²) in [7, 11) is 0. The molecule has 1 aromatic heterocycles. The second kappa shape index (κ2) is 9.96. The van der Waals surface area contributed by atoms with Crippen molar-refractivity contribution in [1.82, 2.24) is 10.3 Å². The van der Waals surface area contributed by atoms with E-state index in [2.05, 4.69) is 15.2 Å². The number of primary amides is 1. The van der Waals surface area contributed by atoms with Crippen molar-refractivity contribution < 1.29 is 19.1 Å². The number of anilines is 1. The highest BCUT2D eigenvalue weighted by Gasteiger charge is 2.22. The van der Waals surface area contributed by atoms with Crippen LogP contribution in [0, 0.1) is 5.92 Å². The molecule has 1 aliphatic rings. The Morgan fingerprint density at radius 2 is 2.10 bits per heavy atom. The molecule has 2 amide bonds. The van der Waals surface area contributed by atoms with Crippen LogP contribution in [-0.4, -0.2) is 55.4 Å². The number of pyridine rings is 1. The lowest BCUT2D eigenvalue weighted by molar-refractivity contribution is 0.0481. The summed E-state index contributed by atoms with van der Waals surface area (Å²) in [5.41, 5.74) is 6.46. The number of nitrogens with one attached hydrogen (secondary N) is 1. The van der Waals surface area contributed by atoms with E-state index in [-0.39, 0.29) is 0 Å². The summed E-state index contributed by atoms with van der Waals surface area (Å²) < 4.78 is 11.0. The van der Waals surface area contributed by atoms with Crippen LogP contribution in [0.5, 0.6) is 0 Å². The second-order valence-electron chi connectivity index (χ2n) is 8.92. The number of hydrogen-bond acceptors (Lipinski definition) is 6. The topological polar surface area (TPSA) is 107 Å². The zero-order chi connectivity index (χ0) is 22.4. The van der Waals surface area contributed by atoms with Gasteiger partial charge in [-0.3, -0.25) is 9.78 Å². The number of aromatic nitrogens is 1. The minimum Gasteiger partial charge on any atom is -0.444 e. The lowest BCUT2D eigenvalue weighted by Gasteiger charge is -2.34. The van der Waals surface area contributed by atoms with E-state index in [4.69, 9.17) is 15.2 Å². The molecule has 8 heteroatoms. The first kappa shape index (κ1) is 22.8. The van der Waals surface area contributed by atoms with E-state index in [1.54, 1.807) is 12.3 Å². The summed E-state index contributed by atoms with van der Waals surface area (Å²) in [6.45, 7) is 8.74. The van der Waals surface area contributed by atoms with E-state index < -0.39 is 17.6 Å². The Kier molecular flexibility index (Phi) is 7.33. The van der Waals surface area contributed by atoms with Gasteiger partial charge < -0.3 is 25.4 Å². The number of nitrogens with zero attached hydrogens (tertiary/aromatic N) is 2. The molecule has 1 aromatic carbocycles. The number of rotatable bonds is 7. The zero-order valence-electron chi connectivity index (χ0n) is 18.5. The number of benzene rings is 1. The molecule has 1 atom stereocenters. The van der Waals surface area contributed by atoms with Gasteiger partial charge in [0, 0.05) is 42.2 Å². The smallest absolute Gasteiger partial charge is 0.407 e. The zero-order valence-corrected chi connectivity index (χ0v) is 18.5. The Hall–Kier alpha value is -2.87. The summed E-state index contributed by atoms with van der Waals surface area (Å²) in [5, 5.41) is 4.67. The maximum Gasteiger partial charge on any atom is 0.407 e. The molecule has 0 saturated carbocycles. The molecule has 2 heterocycles. The first-order chi connectivity index (χ1) is 14.7. The van der Waals surface area contributed by atoms with Crippen LogP contribution in [0.4, 0.5) is 10.5 Å². The number of piperidine rings is 1. The third-order valence-corrected chi connectivity index (χ3v) is 5.15. The first-order valence-corrected chi connectivity index (χ1v) is 10.7. The summed E-state index contributed by atoms with van der Waals surface area (Å²) in [4.78, 5) is 30.0. The number of hydrogen-bond donors (Lipinski definition) is 2. The summed E-state index contributed by atoms with van der Waals surface area (Å²) >= 11 is 0. The molecule has 0 radical (unpaired) electrons. The molecule has 2 aromatic rings. The van der Waals surface area contributed by atoms with Crippen LogP contribution in [0.25, 0.3) is 10.8 Å². The second-order valence-corrected chi connectivity index (χ2v) is 8.92. The molecule has 1 saturated heterocycles. The highest BCUT2D eigenvalue weighted by Crippen LogP contribution is 2.30. The molecule has 168 valence electrons. The van der Waals surface area contributed by atoms with Crippen molar-refractivity contribution >= 4 is 28.5 Å². The van der Waals surface area contributed by atoms with Crippen LogP contribution in [0.1, 0.15) is 44.0 Å². The normalized spacial score (nSPS) is 16.9. The monoisotopic (exact) mass is 428 g/mol. The van der Waals surface area contributed by atoms with Crippen molar-refractivity contribution in [3.63, 3.8) is 0 Å². The van der Waals surface area contributed by atoms with E-state index in [0.29, 0.717) is 31.2 Å². The van der Waals surface area contributed by atoms with Crippen LogP contribution in [0.15, 0.2) is 30.6 Å². The lowest BCUT2D eigenvalue weighted by Crippen LogP contribution is -2.38. The number of amides is 2. The standard InChI is InChI=1S/C23H32N4O4/c1-23(2,3)31-22(29)26-8-10-30-15-16-5-4-9-27(14-16)20-13-25-12-18-7-6-17(21(24)28)11-19(18)20/h6-7,11-13,16H,4-5,8-10,14-15H2,1-3H3,(H2,24,28)(H,26,29). The van der Waals surface area contributed by atoms with Crippen LogP contribution in [0.2, 0.25) is 0 Å². The van der Waals surface area contributed by atoms with Gasteiger partial charge in [-0.15, -0.1) is 0 Å². The van der Waals surface area contributed by atoms with E-state index in [1.165, 1.54) is 0 Å². The number of carbonyl (C=O) groups is 2. The average Bonchev–Trinajstić information content (AvgIpc) is 2.71. The third-order valence-electron chi connectivity index (χ3n) is 5.15. The third kappa shape index (κ3) is 6.55. The summed E-state index contributed by atoms with van der Waals surface area (Å²) in [5.74, 6) is -0.0561. The van der Waals surface area contributed by atoms with Gasteiger partial charge in [0.1, 0.15) is 5.60 Å². The Labute approximate surface area is 183 Å². The van der Waals surface area contributed by atoms with Gasteiger partial charge in [-0.25, -0.2) is 4.79 Å². The lowest BCUT2D eigenvalue weighted by atomic mass is 9.97. The van der Waals surface area contributed by atoms with Gasteiger partial charge in [0.25, 0.3) is 0 Å². The Morgan fingerprint density at radius 3 is 2.84 bits per heavy atom. The van der Waals surface area contributed by atoms with Crippen molar-refractivity contribution in [3.8, 4) is 0 Å². The SMILES string of the molecule is CC(C)(C)OC(=O)NCCOCC1CCCN(c2cncc3ccc(C(N)=O)cc23)C1. The molecule has 3 N–H and O–H groups in total. The van der Waals surface area contributed by atoms with Gasteiger partial charge in [0.15, 0.2) is 0 Å². The molecule has 3 rings (SSSR count). The molecule has 31 heavy (non-hydrogen) atoms. The predicted octanol–water partition coefficient (Wildman–Crippen LogP) is 3.09. The van der Waals surface area contributed by atoms with Crippen molar-refractivity contribution in [2.24, 2.45) is 11.7 Å². The fourth-order valence-electron chi connectivity index (χ4n) is 3.76. The predicted molar refractivity (Wildman–Crippen MR) is 120 cm³/mol. The number of fused-ring (bicyclic) bond motifs is 1. The van der Waals surface area contributed by atoms with Gasteiger partial charge in [-0.2, -0.15) is 0 Å². The van der Waals surface area contributed by atoms with Gasteiger partial charge in [0.05, 0.1) is 25.1 Å². The van der Waals surface area contributed by atoms with E-state index in [1.807, 2.05) is 39.1 Å². The van der Waals surface area contributed by atoms with E-state index >= 15 is 0 Å². The molecule has 0 bridgehead atoms. The molecule has 1 fully saturated rings. The maximum atomic E-state index is 11.7. The van der Waals surface area contributed by atoms with Gasteiger partial charge >= 0.3 is 6.09 Å². The molecule has 8 nitrogen and oxygen atoms in total. The highest BCUT2D eigenvalue weighted by molar-refractivity contribution is 6.01. The molecule has 1 aliphatic heterocycles. The van der Waals surface area contributed by atoms with Crippen molar-refractivity contribution in [1.29, 1.82) is 0 Å². The molecular weight excluding hydrogens is 396 g/mol. The van der Waals surface area contributed by atoms with Gasteiger partial charge in [-0.05, 0) is 51.7 Å². The molecule has 0 aliphatic carbocycles. The summed E-state index contributed by atoms with van der Waals surface area (Å²) in [6, 6.07) is 5.46. The number of nitrogens with two attached hydrogens (primary N) is 1. The van der Waals surface area contributed by atoms with Crippen LogP contribution in [-0.2, 0) is 9.47 Å². The van der Waals surface area contributed by atoms with Crippen LogP contribution < -0.4 is 16.0 Å². The van der Waals surface area contributed by atoms with Gasteiger partial charge in [0.2, 0.25) is 5.91 Å². The highest BCUT2D eigenvalue weighted by atomic mass is 16.6. The maximum absolute atomic E-state index is 11.7.